The summed E-state index contributed by atoms with van der Waals surface area (Å²) in [7, 11) is 3.49. The lowest BCUT2D eigenvalue weighted by Crippen LogP contribution is -2.44. The molecule has 1 amide bonds. The summed E-state index contributed by atoms with van der Waals surface area (Å²) in [6.07, 6.45) is 1.95. The minimum Gasteiger partial charge on any atom is -0.496 e. The number of hydrogen-bond acceptors (Lipinski definition) is 4. The molecule has 1 aromatic rings. The van der Waals surface area contributed by atoms with Crippen molar-refractivity contribution in [2.45, 2.75) is 25.4 Å². The van der Waals surface area contributed by atoms with Crippen molar-refractivity contribution in [3.8, 4) is 5.75 Å². The molecule has 0 radical (unpaired) electrons. The number of likely N-dealkylation sites (tertiary alicyclic amines) is 1. The molecule has 1 aromatic carbocycles. The Morgan fingerprint density at radius 3 is 2.71 bits per heavy atom. The Morgan fingerprint density at radius 2 is 2.05 bits per heavy atom. The second kappa shape index (κ2) is 7.43. The van der Waals surface area contributed by atoms with Crippen LogP contribution >= 0.6 is 0 Å². The Morgan fingerprint density at radius 1 is 1.38 bits per heavy atom. The first kappa shape index (κ1) is 15.8. The summed E-state index contributed by atoms with van der Waals surface area (Å²) in [6, 6.07) is 8.09. The van der Waals surface area contributed by atoms with Crippen LogP contribution in [0.1, 0.15) is 18.4 Å². The molecule has 1 fully saturated rings. The van der Waals surface area contributed by atoms with Gasteiger partial charge < -0.3 is 15.4 Å². The highest BCUT2D eigenvalue weighted by atomic mass is 16.5. The van der Waals surface area contributed by atoms with E-state index < -0.39 is 0 Å². The Labute approximate surface area is 126 Å². The first-order valence-electron chi connectivity index (χ1n) is 7.44. The topological polar surface area (TPSA) is 58.8 Å². The highest BCUT2D eigenvalue weighted by Crippen LogP contribution is 2.19. The lowest BCUT2D eigenvalue weighted by Gasteiger charge is -2.31. The van der Waals surface area contributed by atoms with Crippen LogP contribution in [0.3, 0.4) is 0 Å². The fourth-order valence-corrected chi connectivity index (χ4v) is 2.60. The number of para-hydroxylation sites is 1. The number of amides is 1. The molecule has 0 atom stereocenters. The molecular formula is C16H25N3O2. The number of ether oxygens (including phenoxy) is 1. The molecule has 1 heterocycles. The largest absolute Gasteiger partial charge is 0.496 e. The van der Waals surface area contributed by atoms with Crippen molar-refractivity contribution >= 4 is 5.91 Å². The monoisotopic (exact) mass is 291 g/mol. The number of methoxy groups -OCH3 is 1. The maximum Gasteiger partial charge on any atom is 0.236 e. The third kappa shape index (κ3) is 4.44. The fraction of sp³-hybridized carbons (Fsp3) is 0.562. The van der Waals surface area contributed by atoms with Crippen LogP contribution in [0.5, 0.6) is 5.75 Å². The van der Waals surface area contributed by atoms with Crippen molar-refractivity contribution in [1.29, 1.82) is 0 Å². The van der Waals surface area contributed by atoms with Gasteiger partial charge in [0.05, 0.1) is 13.7 Å². The van der Waals surface area contributed by atoms with Crippen molar-refractivity contribution in [3.05, 3.63) is 29.8 Å². The molecular weight excluding hydrogens is 266 g/mol. The maximum absolute atomic E-state index is 12.3. The summed E-state index contributed by atoms with van der Waals surface area (Å²) in [4.78, 5) is 16.3. The number of piperidine rings is 1. The van der Waals surface area contributed by atoms with Gasteiger partial charge in [-0.3, -0.25) is 9.69 Å². The zero-order chi connectivity index (χ0) is 15.2. The number of benzene rings is 1. The van der Waals surface area contributed by atoms with Gasteiger partial charge in [0.15, 0.2) is 0 Å². The quantitative estimate of drug-likeness (QED) is 0.882. The van der Waals surface area contributed by atoms with E-state index in [4.69, 9.17) is 10.5 Å². The minimum atomic E-state index is 0.136. The van der Waals surface area contributed by atoms with Crippen molar-refractivity contribution < 1.29 is 9.53 Å². The molecule has 0 spiro atoms. The van der Waals surface area contributed by atoms with Crippen molar-refractivity contribution in [3.63, 3.8) is 0 Å². The van der Waals surface area contributed by atoms with E-state index in [-0.39, 0.29) is 5.91 Å². The van der Waals surface area contributed by atoms with Crippen LogP contribution in [0.4, 0.5) is 0 Å². The predicted molar refractivity (Wildman–Crippen MR) is 83.1 cm³/mol. The summed E-state index contributed by atoms with van der Waals surface area (Å²) < 4.78 is 5.33. The van der Waals surface area contributed by atoms with Gasteiger partial charge in [0, 0.05) is 38.3 Å². The van der Waals surface area contributed by atoms with Gasteiger partial charge >= 0.3 is 0 Å². The van der Waals surface area contributed by atoms with E-state index in [9.17, 15) is 4.79 Å². The molecule has 1 aliphatic rings. The van der Waals surface area contributed by atoms with Crippen molar-refractivity contribution in [2.75, 3.05) is 33.8 Å². The first-order valence-corrected chi connectivity index (χ1v) is 7.44. The molecule has 2 rings (SSSR count). The molecule has 116 valence electrons. The van der Waals surface area contributed by atoms with Gasteiger partial charge in [-0.1, -0.05) is 18.2 Å². The van der Waals surface area contributed by atoms with Gasteiger partial charge in [0.2, 0.25) is 5.91 Å². The van der Waals surface area contributed by atoms with E-state index in [1.807, 2.05) is 31.3 Å². The molecule has 1 saturated heterocycles. The molecule has 5 nitrogen and oxygen atoms in total. The van der Waals surface area contributed by atoms with Crippen LogP contribution in [-0.4, -0.2) is 55.5 Å². The van der Waals surface area contributed by atoms with E-state index >= 15 is 0 Å². The Bertz CT molecular complexity index is 470. The van der Waals surface area contributed by atoms with Crippen molar-refractivity contribution in [2.24, 2.45) is 5.73 Å². The lowest BCUT2D eigenvalue weighted by atomic mass is 10.1. The van der Waals surface area contributed by atoms with Crippen LogP contribution in [0.2, 0.25) is 0 Å². The molecule has 1 aliphatic heterocycles. The van der Waals surface area contributed by atoms with E-state index in [0.29, 0.717) is 19.1 Å². The standard InChI is InChI=1S/C16H25N3O2/c1-18(11-13-5-3-4-6-15(13)21-2)16(20)12-19-9-7-14(17)8-10-19/h3-6,14H,7-12,17H2,1-2H3. The number of hydrogen-bond donors (Lipinski definition) is 1. The average molecular weight is 291 g/mol. The van der Waals surface area contributed by atoms with Gasteiger partial charge in [-0.25, -0.2) is 0 Å². The Kier molecular flexibility index (Phi) is 5.59. The predicted octanol–water partition coefficient (Wildman–Crippen LogP) is 1.08. The lowest BCUT2D eigenvalue weighted by molar-refractivity contribution is -0.131. The van der Waals surface area contributed by atoms with Crippen LogP contribution in [0.25, 0.3) is 0 Å². The summed E-state index contributed by atoms with van der Waals surface area (Å²) >= 11 is 0. The normalized spacial score (nSPS) is 16.7. The molecule has 0 aromatic heterocycles. The molecule has 0 saturated carbocycles. The highest BCUT2D eigenvalue weighted by Gasteiger charge is 2.20. The fourth-order valence-electron chi connectivity index (χ4n) is 2.60. The SMILES string of the molecule is COc1ccccc1CN(C)C(=O)CN1CCC(N)CC1. The van der Waals surface area contributed by atoms with Gasteiger partial charge in [0.1, 0.15) is 5.75 Å². The Balaban J connectivity index is 1.87. The van der Waals surface area contributed by atoms with Crippen LogP contribution in [0, 0.1) is 0 Å². The molecule has 2 N–H and O–H groups in total. The van der Waals surface area contributed by atoms with Crippen LogP contribution in [0.15, 0.2) is 24.3 Å². The van der Waals surface area contributed by atoms with E-state index in [2.05, 4.69) is 4.90 Å². The third-order valence-electron chi connectivity index (χ3n) is 4.02. The smallest absolute Gasteiger partial charge is 0.236 e. The Hall–Kier alpha value is -1.59. The average Bonchev–Trinajstić information content (AvgIpc) is 2.50. The second-order valence-corrected chi connectivity index (χ2v) is 5.68. The molecule has 0 unspecified atom stereocenters. The summed E-state index contributed by atoms with van der Waals surface area (Å²) in [5.74, 6) is 0.956. The zero-order valence-electron chi connectivity index (χ0n) is 12.9. The summed E-state index contributed by atoms with van der Waals surface area (Å²) in [6.45, 7) is 2.86. The number of carbonyl (C=O) groups excluding carboxylic acids is 1. The first-order chi connectivity index (χ1) is 10.1. The van der Waals surface area contributed by atoms with Gasteiger partial charge in [-0.15, -0.1) is 0 Å². The minimum absolute atomic E-state index is 0.136. The number of rotatable bonds is 5. The van der Waals surface area contributed by atoms with Gasteiger partial charge in [-0.2, -0.15) is 0 Å². The zero-order valence-corrected chi connectivity index (χ0v) is 12.9. The summed E-state index contributed by atoms with van der Waals surface area (Å²) in [5, 5.41) is 0. The van der Waals surface area contributed by atoms with Crippen LogP contribution < -0.4 is 10.5 Å². The second-order valence-electron chi connectivity index (χ2n) is 5.68. The molecule has 5 heteroatoms. The summed E-state index contributed by atoms with van der Waals surface area (Å²) in [5.41, 5.74) is 6.91. The van der Waals surface area contributed by atoms with E-state index in [1.54, 1.807) is 12.0 Å². The molecule has 0 bridgehead atoms. The van der Waals surface area contributed by atoms with Crippen LogP contribution in [-0.2, 0) is 11.3 Å². The number of nitrogens with two attached hydrogens (primary N) is 1. The van der Waals surface area contributed by atoms with Gasteiger partial charge in [-0.05, 0) is 18.9 Å². The highest BCUT2D eigenvalue weighted by molar-refractivity contribution is 5.78. The van der Waals surface area contributed by atoms with E-state index in [1.165, 1.54) is 0 Å². The molecule has 0 aliphatic carbocycles. The van der Waals surface area contributed by atoms with E-state index in [0.717, 1.165) is 37.2 Å². The maximum atomic E-state index is 12.3. The van der Waals surface area contributed by atoms with Crippen molar-refractivity contribution in [1.82, 2.24) is 9.80 Å². The number of carbonyl (C=O) groups is 1. The third-order valence-corrected chi connectivity index (χ3v) is 4.02. The number of likely N-dealkylation sites (N-methyl/N-ethyl adjacent to an activating group) is 1. The van der Waals surface area contributed by atoms with Gasteiger partial charge in [0.25, 0.3) is 0 Å². The number of nitrogens with zero attached hydrogens (tertiary/aromatic N) is 2. The molecule has 21 heavy (non-hydrogen) atoms.